The van der Waals surface area contributed by atoms with E-state index in [9.17, 15) is 0 Å². The molecule has 0 saturated carbocycles. The summed E-state index contributed by atoms with van der Waals surface area (Å²) in [5.41, 5.74) is 1.26. The molecule has 0 aliphatic carbocycles. The molecule has 0 radical (unpaired) electrons. The van der Waals surface area contributed by atoms with E-state index in [1.54, 1.807) is 0 Å². The quantitative estimate of drug-likeness (QED) is 0.494. The topological polar surface area (TPSA) is 27.7 Å². The van der Waals surface area contributed by atoms with Crippen LogP contribution in [0.4, 0.5) is 0 Å². The molecular formula is C20H19O3P. The summed E-state index contributed by atoms with van der Waals surface area (Å²) in [5.74, 6) is 2.15. The molecule has 3 rings (SSSR count). The predicted octanol–water partition coefficient (Wildman–Crippen LogP) is 6.01. The summed E-state index contributed by atoms with van der Waals surface area (Å²) in [4.78, 5) is 0. The van der Waals surface area contributed by atoms with Crippen molar-refractivity contribution in [2.24, 2.45) is 0 Å². The van der Waals surface area contributed by atoms with Gasteiger partial charge in [0.25, 0.3) is 0 Å². The molecular weight excluding hydrogens is 319 g/mol. The van der Waals surface area contributed by atoms with E-state index in [2.05, 4.69) is 6.92 Å². The third-order valence-electron chi connectivity index (χ3n) is 3.36. The summed E-state index contributed by atoms with van der Waals surface area (Å²) in [7, 11) is -1.60. The summed E-state index contributed by atoms with van der Waals surface area (Å²) in [5, 5.41) is 0. The molecule has 3 aromatic rings. The molecule has 0 atom stereocenters. The maximum atomic E-state index is 5.94. The molecule has 0 aliphatic rings. The summed E-state index contributed by atoms with van der Waals surface area (Å²) in [6, 6.07) is 27.1. The Bertz CT molecular complexity index is 688. The van der Waals surface area contributed by atoms with E-state index < -0.39 is 8.60 Å². The Morgan fingerprint density at radius 1 is 0.583 bits per heavy atom. The van der Waals surface area contributed by atoms with Crippen molar-refractivity contribution in [3.63, 3.8) is 0 Å². The smallest absolute Gasteiger partial charge is 0.409 e. The van der Waals surface area contributed by atoms with Gasteiger partial charge in [-0.3, -0.25) is 0 Å². The highest BCUT2D eigenvalue weighted by molar-refractivity contribution is 7.43. The molecule has 0 aliphatic heterocycles. The Morgan fingerprint density at radius 3 is 1.42 bits per heavy atom. The first kappa shape index (κ1) is 16.4. The molecule has 3 aromatic carbocycles. The maximum absolute atomic E-state index is 5.94. The first-order valence-corrected chi connectivity index (χ1v) is 8.96. The van der Waals surface area contributed by atoms with Crippen LogP contribution >= 0.6 is 8.60 Å². The Balaban J connectivity index is 1.75. The van der Waals surface area contributed by atoms with Crippen LogP contribution in [-0.4, -0.2) is 0 Å². The number of hydrogen-bond donors (Lipinski definition) is 0. The summed E-state index contributed by atoms with van der Waals surface area (Å²) in [6.45, 7) is 2.12. The lowest BCUT2D eigenvalue weighted by molar-refractivity contribution is 0.388. The maximum Gasteiger partial charge on any atom is 0.530 e. The minimum Gasteiger partial charge on any atom is -0.409 e. The van der Waals surface area contributed by atoms with E-state index in [-0.39, 0.29) is 0 Å². The lowest BCUT2D eigenvalue weighted by Crippen LogP contribution is -2.02. The second kappa shape index (κ2) is 8.37. The Kier molecular flexibility index (Phi) is 5.70. The van der Waals surface area contributed by atoms with Gasteiger partial charge in [0.15, 0.2) is 0 Å². The lowest BCUT2D eigenvalue weighted by Gasteiger charge is -2.18. The van der Waals surface area contributed by atoms with Crippen molar-refractivity contribution < 1.29 is 13.6 Å². The molecule has 0 amide bonds. The predicted molar refractivity (Wildman–Crippen MR) is 97.5 cm³/mol. The number of aryl methyl sites for hydroxylation is 1. The first-order chi connectivity index (χ1) is 11.8. The van der Waals surface area contributed by atoms with Crippen LogP contribution in [0.25, 0.3) is 0 Å². The van der Waals surface area contributed by atoms with Crippen LogP contribution in [0.3, 0.4) is 0 Å². The van der Waals surface area contributed by atoms with Crippen LogP contribution in [0, 0.1) is 0 Å². The van der Waals surface area contributed by atoms with Gasteiger partial charge in [0.05, 0.1) is 0 Å². The van der Waals surface area contributed by atoms with E-state index in [0.717, 1.165) is 12.2 Å². The van der Waals surface area contributed by atoms with Crippen LogP contribution in [0.15, 0.2) is 84.9 Å². The molecule has 24 heavy (non-hydrogen) atoms. The van der Waals surface area contributed by atoms with Crippen molar-refractivity contribution >= 4 is 8.60 Å². The molecule has 0 spiro atoms. The molecule has 0 unspecified atom stereocenters. The summed E-state index contributed by atoms with van der Waals surface area (Å²) >= 11 is 0. The highest BCUT2D eigenvalue weighted by Gasteiger charge is 2.19. The van der Waals surface area contributed by atoms with E-state index in [0.29, 0.717) is 11.5 Å². The van der Waals surface area contributed by atoms with Gasteiger partial charge in [0, 0.05) is 0 Å². The summed E-state index contributed by atoms with van der Waals surface area (Å²) < 4.78 is 17.7. The highest BCUT2D eigenvalue weighted by Crippen LogP contribution is 2.42. The summed E-state index contributed by atoms with van der Waals surface area (Å²) in [6.07, 6.45) is 0.996. The van der Waals surface area contributed by atoms with Gasteiger partial charge in [0.2, 0.25) is 0 Å². The van der Waals surface area contributed by atoms with Gasteiger partial charge in [-0.15, -0.1) is 0 Å². The second-order valence-corrected chi connectivity index (χ2v) is 6.12. The Hall–Kier alpha value is -2.51. The van der Waals surface area contributed by atoms with Crippen molar-refractivity contribution in [3.05, 3.63) is 90.5 Å². The molecule has 0 saturated heterocycles. The average molecular weight is 338 g/mol. The van der Waals surface area contributed by atoms with E-state index in [4.69, 9.17) is 13.6 Å². The minimum absolute atomic E-state index is 0.713. The highest BCUT2D eigenvalue weighted by atomic mass is 31.2. The van der Waals surface area contributed by atoms with Gasteiger partial charge >= 0.3 is 8.60 Å². The molecule has 0 bridgehead atoms. The molecule has 0 heterocycles. The molecule has 0 N–H and O–H groups in total. The fourth-order valence-electron chi connectivity index (χ4n) is 2.06. The number of hydrogen-bond acceptors (Lipinski definition) is 3. The monoisotopic (exact) mass is 338 g/mol. The van der Waals surface area contributed by atoms with Gasteiger partial charge in [-0.05, 0) is 48.4 Å². The molecule has 4 heteroatoms. The largest absolute Gasteiger partial charge is 0.530 e. The van der Waals surface area contributed by atoms with Gasteiger partial charge in [-0.2, -0.15) is 0 Å². The molecule has 122 valence electrons. The SMILES string of the molecule is CCc1ccc(OP(Oc2ccccc2)Oc2ccccc2)cc1. The van der Waals surface area contributed by atoms with Crippen LogP contribution in [0.5, 0.6) is 17.2 Å². The van der Waals surface area contributed by atoms with Crippen LogP contribution in [-0.2, 0) is 6.42 Å². The van der Waals surface area contributed by atoms with Gasteiger partial charge < -0.3 is 13.6 Å². The fourth-order valence-corrected chi connectivity index (χ4v) is 3.06. The molecule has 3 nitrogen and oxygen atoms in total. The van der Waals surface area contributed by atoms with E-state index >= 15 is 0 Å². The van der Waals surface area contributed by atoms with Crippen molar-refractivity contribution in [1.29, 1.82) is 0 Å². The molecule has 0 aromatic heterocycles. The average Bonchev–Trinajstić information content (AvgIpc) is 2.64. The van der Waals surface area contributed by atoms with Crippen molar-refractivity contribution in [2.45, 2.75) is 13.3 Å². The number of para-hydroxylation sites is 2. The van der Waals surface area contributed by atoms with Crippen LogP contribution in [0.1, 0.15) is 12.5 Å². The Labute approximate surface area is 143 Å². The number of rotatable bonds is 7. The third-order valence-corrected chi connectivity index (χ3v) is 4.44. The second-order valence-electron chi connectivity index (χ2n) is 5.12. The van der Waals surface area contributed by atoms with E-state index in [1.807, 2.05) is 84.9 Å². The minimum atomic E-state index is -1.60. The van der Waals surface area contributed by atoms with Crippen molar-refractivity contribution in [1.82, 2.24) is 0 Å². The number of benzene rings is 3. The van der Waals surface area contributed by atoms with Crippen molar-refractivity contribution in [3.8, 4) is 17.2 Å². The normalized spacial score (nSPS) is 10.4. The van der Waals surface area contributed by atoms with Gasteiger partial charge in [-0.1, -0.05) is 55.5 Å². The standard InChI is InChI=1S/C20H19O3P/c1-2-17-13-15-20(16-14-17)23-24(21-18-9-5-3-6-10-18)22-19-11-7-4-8-12-19/h3-16H,2H2,1H3. The lowest BCUT2D eigenvalue weighted by atomic mass is 10.2. The Morgan fingerprint density at radius 2 is 1.00 bits per heavy atom. The van der Waals surface area contributed by atoms with Crippen LogP contribution in [0.2, 0.25) is 0 Å². The zero-order valence-corrected chi connectivity index (χ0v) is 14.4. The third kappa shape index (κ3) is 4.74. The van der Waals surface area contributed by atoms with Gasteiger partial charge in [0.1, 0.15) is 17.2 Å². The molecule has 0 fully saturated rings. The van der Waals surface area contributed by atoms with E-state index in [1.165, 1.54) is 5.56 Å². The zero-order valence-electron chi connectivity index (χ0n) is 13.5. The van der Waals surface area contributed by atoms with Gasteiger partial charge in [-0.25, -0.2) is 0 Å². The zero-order chi connectivity index (χ0) is 16.6. The van der Waals surface area contributed by atoms with Crippen LogP contribution < -0.4 is 13.6 Å². The van der Waals surface area contributed by atoms with Crippen molar-refractivity contribution in [2.75, 3.05) is 0 Å². The fraction of sp³-hybridized carbons (Fsp3) is 0.100. The first-order valence-electron chi connectivity index (χ1n) is 7.86.